The molecule has 0 aromatic carbocycles. The maximum absolute atomic E-state index is 13.5. The Kier molecular flexibility index (Phi) is 17.5. The number of nitrogens with two attached hydrogens (primary N) is 2. The van der Waals surface area contributed by atoms with E-state index in [4.69, 9.17) is 48.5 Å². The van der Waals surface area contributed by atoms with Crippen molar-refractivity contribution in [2.45, 2.75) is 87.3 Å². The quantitative estimate of drug-likeness (QED) is 0.0218. The molecule has 3 fully saturated rings. The number of phosphoric ester groups is 3. The maximum atomic E-state index is 13.5. The van der Waals surface area contributed by atoms with Gasteiger partial charge in [0.15, 0.2) is 30.2 Å². The molecule has 78 heavy (non-hydrogen) atoms. The summed E-state index contributed by atoms with van der Waals surface area (Å²) in [5.74, 6) is -2.25. The fraction of sp³-hybridized carbons (Fsp3) is 0.583. The molecular weight excluding hydrogens is 1140 g/mol. The second-order valence-corrected chi connectivity index (χ2v) is 23.4. The summed E-state index contributed by atoms with van der Waals surface area (Å²) in [6, 6.07) is 0.911. The fourth-order valence-electron chi connectivity index (χ4n) is 8.67. The number of amides is 1. The summed E-state index contributed by atoms with van der Waals surface area (Å²) in [5.41, 5.74) is 9.09. The van der Waals surface area contributed by atoms with Gasteiger partial charge in [0.2, 0.25) is 17.7 Å². The van der Waals surface area contributed by atoms with Crippen molar-refractivity contribution in [3.05, 3.63) is 62.4 Å². The molecule has 1 amide bonds. The highest BCUT2D eigenvalue weighted by Crippen LogP contribution is 2.68. The van der Waals surface area contributed by atoms with Crippen molar-refractivity contribution in [1.29, 1.82) is 0 Å². The molecule has 3 aliphatic heterocycles. The molecule has 3 aliphatic rings. The molecule has 8 heterocycles. The monoisotopic (exact) mass is 1190 g/mol. The van der Waals surface area contributed by atoms with Gasteiger partial charge in [-0.25, -0.2) is 38.0 Å². The fourth-order valence-corrected chi connectivity index (χ4v) is 13.1. The molecular formula is C36H51N13O25P4. The molecule has 5 aromatic rings. The number of aryl methyl sites for hydroxylation is 1. The lowest BCUT2D eigenvalue weighted by molar-refractivity contribution is -0.745. The predicted octanol–water partition coefficient (Wildman–Crippen LogP) is -4.34. The molecule has 42 heteroatoms. The normalized spacial score (nSPS) is 29.6. The van der Waals surface area contributed by atoms with Crippen molar-refractivity contribution < 1.29 is 108 Å². The molecule has 3 saturated heterocycles. The van der Waals surface area contributed by atoms with Gasteiger partial charge in [0.1, 0.15) is 54.6 Å². The van der Waals surface area contributed by atoms with Crippen LogP contribution in [-0.4, -0.2) is 162 Å². The molecule has 0 aliphatic carbocycles. The number of fused-ring (bicyclic) bond motifs is 2. The number of anilines is 2. The van der Waals surface area contributed by atoms with Crippen LogP contribution in [0.5, 0.6) is 0 Å². The lowest BCUT2D eigenvalue weighted by Crippen LogP contribution is -2.45. The standard InChI is InChI=1S/C36H51N13O25P4/c1-4-6-39-20(51)8-15-16(69-32(23(15)52)49-14-46(2)22-30(49)44-35(38)45-31(22)55)9-67-76(59,60)73-78(63,64)74-77(61,62)68-11-18-26(27(65-3)34(71-18)48-13-42-21-28(37)40-12-41-29(21)48)72-75(57,58)66-10-17-24(53)25(54)33(70-17)47-7-5-19(50)43-36(47)56/h5,7,12-18,23-27,32-34,52-54H,4,6,8-11H2,1-3H3,(H10-,37,38,39,40,41,43,44,45,50,51,55,56,57,58,59,60,61,62,63,64)/t15-,16-,17-,18-,23-,24-,25-,26-,27-,32?,33-,34-/m1/s1. The number of aromatic nitrogens is 10. The Balaban J connectivity index is 0.950. The third-order valence-electron chi connectivity index (χ3n) is 12.1. The van der Waals surface area contributed by atoms with Gasteiger partial charge in [0.05, 0.1) is 39.3 Å². The van der Waals surface area contributed by atoms with E-state index in [-0.39, 0.29) is 40.6 Å². The molecule has 16 atom stereocenters. The maximum Gasteiger partial charge on any atom is 0.490 e. The van der Waals surface area contributed by atoms with Crippen molar-refractivity contribution in [2.75, 3.05) is 44.9 Å². The first-order valence-electron chi connectivity index (χ1n) is 22.8. The van der Waals surface area contributed by atoms with Crippen LogP contribution in [0.4, 0.5) is 11.8 Å². The van der Waals surface area contributed by atoms with Gasteiger partial charge in [-0.2, -0.15) is 8.62 Å². The van der Waals surface area contributed by atoms with Crippen molar-refractivity contribution in [3.63, 3.8) is 0 Å². The van der Waals surface area contributed by atoms with E-state index >= 15 is 0 Å². The summed E-state index contributed by atoms with van der Waals surface area (Å²) < 4.78 is 109. The minimum atomic E-state index is -6.25. The average molecular weight is 1190 g/mol. The predicted molar refractivity (Wildman–Crippen MR) is 251 cm³/mol. The third kappa shape index (κ3) is 12.9. The molecule has 0 radical (unpaired) electrons. The minimum Gasteiger partial charge on any atom is -0.756 e. The Morgan fingerprint density at radius 2 is 1.53 bits per heavy atom. The van der Waals surface area contributed by atoms with E-state index in [1.54, 1.807) is 6.92 Å². The van der Waals surface area contributed by atoms with Crippen LogP contribution >= 0.6 is 31.3 Å². The van der Waals surface area contributed by atoms with E-state index in [1.807, 2.05) is 4.98 Å². The molecule has 13 N–H and O–H groups in total. The molecule has 5 unspecified atom stereocenters. The first kappa shape index (κ1) is 59.0. The summed E-state index contributed by atoms with van der Waals surface area (Å²) in [7, 11) is -21.3. The number of ether oxygens (including phenoxy) is 4. The van der Waals surface area contributed by atoms with Crippen molar-refractivity contribution in [3.8, 4) is 0 Å². The van der Waals surface area contributed by atoms with Crippen LogP contribution in [0.25, 0.3) is 22.3 Å². The first-order chi connectivity index (χ1) is 36.6. The first-order valence-corrected chi connectivity index (χ1v) is 28.7. The number of imidazole rings is 2. The number of nitrogens with one attached hydrogen (secondary N) is 3. The van der Waals surface area contributed by atoms with Crippen LogP contribution in [0.1, 0.15) is 38.4 Å². The zero-order chi connectivity index (χ0) is 56.8. The van der Waals surface area contributed by atoms with Crippen LogP contribution in [0.2, 0.25) is 0 Å². The van der Waals surface area contributed by atoms with Crippen molar-refractivity contribution >= 4 is 71.3 Å². The number of aromatic amines is 2. The minimum absolute atomic E-state index is 0.0117. The lowest BCUT2D eigenvalue weighted by Gasteiger charge is -2.31. The van der Waals surface area contributed by atoms with E-state index in [1.165, 1.54) is 27.1 Å². The topological polar surface area (TPSA) is 539 Å². The third-order valence-corrected chi connectivity index (χ3v) is 17.3. The summed E-state index contributed by atoms with van der Waals surface area (Å²) in [6.45, 7) is -1.45. The number of aliphatic hydroxyl groups is 3. The van der Waals surface area contributed by atoms with Crippen LogP contribution in [0.15, 0.2) is 45.6 Å². The van der Waals surface area contributed by atoms with Gasteiger partial charge >= 0.3 is 34.8 Å². The molecule has 0 saturated carbocycles. The number of carbonyl (C=O) groups is 1. The molecule has 38 nitrogen and oxygen atoms in total. The largest absolute Gasteiger partial charge is 0.756 e. The summed E-state index contributed by atoms with van der Waals surface area (Å²) in [6.07, 6.45) is -14.2. The number of carbonyl (C=O) groups excluding carboxylic acids is 1. The second-order valence-electron chi connectivity index (χ2n) is 17.4. The van der Waals surface area contributed by atoms with Gasteiger partial charge in [-0.15, -0.1) is 0 Å². The average Bonchev–Trinajstić information content (AvgIpc) is 4.23. The summed E-state index contributed by atoms with van der Waals surface area (Å²) in [4.78, 5) is 115. The van der Waals surface area contributed by atoms with Gasteiger partial charge in [-0.3, -0.25) is 51.7 Å². The highest BCUT2D eigenvalue weighted by molar-refractivity contribution is 7.66. The number of H-pyrrole nitrogens is 2. The number of hydrogen-bond acceptors (Lipinski definition) is 28. The molecule has 0 bridgehead atoms. The molecule has 430 valence electrons. The number of methoxy groups -OCH3 is 1. The highest BCUT2D eigenvalue weighted by atomic mass is 31.3. The van der Waals surface area contributed by atoms with Crippen LogP contribution in [-0.2, 0) is 75.8 Å². The Morgan fingerprint density at radius 3 is 2.19 bits per heavy atom. The van der Waals surface area contributed by atoms with E-state index in [0.29, 0.717) is 11.0 Å². The number of phosphoric acid groups is 4. The number of rotatable bonds is 23. The summed E-state index contributed by atoms with van der Waals surface area (Å²) >= 11 is 0. The highest BCUT2D eigenvalue weighted by Gasteiger charge is 2.53. The summed E-state index contributed by atoms with van der Waals surface area (Å²) in [5, 5.41) is 35.4. The Morgan fingerprint density at radius 1 is 0.859 bits per heavy atom. The smallest absolute Gasteiger partial charge is 0.490 e. The van der Waals surface area contributed by atoms with Gasteiger partial charge in [0.25, 0.3) is 24.9 Å². The van der Waals surface area contributed by atoms with E-state index in [0.717, 1.165) is 32.0 Å². The lowest BCUT2D eigenvalue weighted by atomic mass is 9.94. The van der Waals surface area contributed by atoms with Crippen LogP contribution in [0, 0.1) is 5.92 Å². The Labute approximate surface area is 435 Å². The Bertz CT molecular complexity index is 3410. The number of nitrogen functional groups attached to an aromatic ring is 2. The SMILES string of the molecule is CCCNC(=O)C[C@@H]1[C@@H](COP(=O)(O)OP(=O)(O)OP(=O)(O)OC[C@H]2O[C@@H](n3cnc4c(N)ncnc43)[C@H](OC)[C@@H]2OP(=O)([O-])OC[C@H]2O[C@@H](n3ccc(=O)[nH]c3=O)[C@H](O)[C@@H]2O)OC([n+]2cn(C)c3c(=O)[nH]c(N)nc32)[C@@H]1O. The second kappa shape index (κ2) is 23.2. The zero-order valence-electron chi connectivity index (χ0n) is 40.5. The van der Waals surface area contributed by atoms with Gasteiger partial charge in [-0.05, 0) is 6.42 Å². The zero-order valence-corrected chi connectivity index (χ0v) is 44.1. The van der Waals surface area contributed by atoms with Crippen LogP contribution < -0.4 is 43.1 Å². The van der Waals surface area contributed by atoms with Gasteiger partial charge in [0, 0.05) is 38.3 Å². The Hall–Kier alpha value is -5.11. The molecule has 8 rings (SSSR count). The number of aliphatic hydroxyl groups excluding tert-OH is 3. The van der Waals surface area contributed by atoms with Gasteiger partial charge < -0.3 is 79.7 Å². The number of nitrogens with zero attached hydrogens (tertiary/aromatic N) is 8. The number of hydrogen-bond donors (Lipinski definition) is 11. The van der Waals surface area contributed by atoms with Crippen molar-refractivity contribution in [2.24, 2.45) is 13.0 Å². The van der Waals surface area contributed by atoms with Gasteiger partial charge in [-0.1, -0.05) is 11.9 Å². The van der Waals surface area contributed by atoms with Crippen LogP contribution in [0.3, 0.4) is 0 Å². The molecule has 0 spiro atoms. The van der Waals surface area contributed by atoms with E-state index in [2.05, 4.69) is 38.9 Å². The van der Waals surface area contributed by atoms with E-state index < -0.39 is 154 Å². The molecule has 5 aromatic heterocycles. The van der Waals surface area contributed by atoms with E-state index in [9.17, 15) is 72.3 Å². The van der Waals surface area contributed by atoms with Crippen molar-refractivity contribution in [1.82, 2.24) is 48.9 Å².